The van der Waals surface area contributed by atoms with Crippen molar-refractivity contribution >= 4 is 32.9 Å². The first-order valence-corrected chi connectivity index (χ1v) is 9.59. The lowest BCUT2D eigenvalue weighted by molar-refractivity contribution is -0.384. The first-order chi connectivity index (χ1) is 12.4. The van der Waals surface area contributed by atoms with Crippen LogP contribution in [0.1, 0.15) is 12.8 Å². The standard InChI is InChI=1S/C16H19N5O4S/c1-17-26(24,25)13-5-6-14(15(10-13)21(22)23)19-12-4-7-16(18-11-12)20-8-2-3-9-20/h4-7,10-11,17,19H,2-3,8-9H2,1H3. The lowest BCUT2D eigenvalue weighted by Gasteiger charge is -2.16. The molecule has 138 valence electrons. The largest absolute Gasteiger partial charge is 0.357 e. The van der Waals surface area contributed by atoms with Gasteiger partial charge in [0, 0.05) is 19.2 Å². The number of nitro benzene ring substituents is 1. The molecule has 0 aliphatic carbocycles. The second-order valence-corrected chi connectivity index (χ2v) is 7.75. The maximum absolute atomic E-state index is 11.8. The number of hydrogen-bond donors (Lipinski definition) is 2. The average Bonchev–Trinajstić information content (AvgIpc) is 3.17. The third-order valence-corrected chi connectivity index (χ3v) is 5.61. The first kappa shape index (κ1) is 18.1. The molecule has 3 rings (SSSR count). The van der Waals surface area contributed by atoms with Gasteiger partial charge in [-0.2, -0.15) is 0 Å². The summed E-state index contributed by atoms with van der Waals surface area (Å²) in [6.45, 7) is 1.96. The van der Waals surface area contributed by atoms with Crippen molar-refractivity contribution in [2.45, 2.75) is 17.7 Å². The lowest BCUT2D eigenvalue weighted by Crippen LogP contribution is -2.19. The first-order valence-electron chi connectivity index (χ1n) is 8.11. The van der Waals surface area contributed by atoms with Gasteiger partial charge in [0.05, 0.1) is 21.7 Å². The van der Waals surface area contributed by atoms with Gasteiger partial charge >= 0.3 is 0 Å². The Morgan fingerprint density at radius 1 is 1.19 bits per heavy atom. The number of benzene rings is 1. The van der Waals surface area contributed by atoms with E-state index in [1.54, 1.807) is 12.3 Å². The van der Waals surface area contributed by atoms with E-state index in [1.807, 2.05) is 6.07 Å². The number of pyridine rings is 1. The van der Waals surface area contributed by atoms with Crippen LogP contribution in [0, 0.1) is 10.1 Å². The maximum Gasteiger partial charge on any atom is 0.294 e. The number of anilines is 3. The van der Waals surface area contributed by atoms with Crippen molar-refractivity contribution in [1.82, 2.24) is 9.71 Å². The highest BCUT2D eigenvalue weighted by Crippen LogP contribution is 2.30. The predicted molar refractivity (Wildman–Crippen MR) is 98.3 cm³/mol. The van der Waals surface area contributed by atoms with E-state index in [2.05, 4.69) is 19.9 Å². The molecule has 1 aliphatic rings. The molecule has 10 heteroatoms. The van der Waals surface area contributed by atoms with Crippen LogP contribution in [-0.4, -0.2) is 38.5 Å². The van der Waals surface area contributed by atoms with Crippen molar-refractivity contribution in [3.05, 3.63) is 46.6 Å². The number of sulfonamides is 1. The van der Waals surface area contributed by atoms with Gasteiger partial charge in [0.15, 0.2) is 0 Å². The van der Waals surface area contributed by atoms with Gasteiger partial charge in [-0.25, -0.2) is 18.1 Å². The van der Waals surface area contributed by atoms with Gasteiger partial charge in [0.2, 0.25) is 10.0 Å². The molecule has 0 spiro atoms. The highest BCUT2D eigenvalue weighted by Gasteiger charge is 2.21. The van der Waals surface area contributed by atoms with Crippen molar-refractivity contribution in [3.63, 3.8) is 0 Å². The van der Waals surface area contributed by atoms with Crippen molar-refractivity contribution < 1.29 is 13.3 Å². The minimum Gasteiger partial charge on any atom is -0.357 e. The molecule has 0 amide bonds. The number of nitrogens with one attached hydrogen (secondary N) is 2. The van der Waals surface area contributed by atoms with Gasteiger partial charge in [0.25, 0.3) is 5.69 Å². The summed E-state index contributed by atoms with van der Waals surface area (Å²) < 4.78 is 25.8. The number of rotatable bonds is 6. The molecule has 1 fully saturated rings. The van der Waals surface area contributed by atoms with E-state index in [9.17, 15) is 18.5 Å². The highest BCUT2D eigenvalue weighted by atomic mass is 32.2. The maximum atomic E-state index is 11.8. The van der Waals surface area contributed by atoms with E-state index >= 15 is 0 Å². The molecule has 1 aromatic heterocycles. The zero-order valence-corrected chi connectivity index (χ0v) is 15.0. The van der Waals surface area contributed by atoms with E-state index in [1.165, 1.54) is 19.2 Å². The molecule has 1 aromatic carbocycles. The van der Waals surface area contributed by atoms with E-state index in [-0.39, 0.29) is 16.3 Å². The third-order valence-electron chi connectivity index (χ3n) is 4.20. The van der Waals surface area contributed by atoms with Crippen molar-refractivity contribution in [2.24, 2.45) is 0 Å². The van der Waals surface area contributed by atoms with Crippen molar-refractivity contribution in [2.75, 3.05) is 30.4 Å². The quantitative estimate of drug-likeness (QED) is 0.585. The Labute approximate surface area is 151 Å². The Balaban J connectivity index is 1.86. The minimum absolute atomic E-state index is 0.167. The monoisotopic (exact) mass is 377 g/mol. The van der Waals surface area contributed by atoms with Crippen LogP contribution in [-0.2, 0) is 10.0 Å². The van der Waals surface area contributed by atoms with Gasteiger partial charge < -0.3 is 10.2 Å². The minimum atomic E-state index is -3.76. The lowest BCUT2D eigenvalue weighted by atomic mass is 10.2. The van der Waals surface area contributed by atoms with Crippen molar-refractivity contribution in [3.8, 4) is 0 Å². The molecule has 0 bridgehead atoms. The molecule has 0 atom stereocenters. The molecule has 0 saturated carbocycles. The van der Waals surface area contributed by atoms with E-state index in [4.69, 9.17) is 0 Å². The topological polar surface area (TPSA) is 117 Å². The summed E-state index contributed by atoms with van der Waals surface area (Å²) in [4.78, 5) is 17.1. The predicted octanol–water partition coefficient (Wildman–Crippen LogP) is 2.24. The molecule has 0 unspecified atom stereocenters. The number of nitro groups is 1. The Morgan fingerprint density at radius 3 is 2.50 bits per heavy atom. The van der Waals surface area contributed by atoms with Crippen LogP contribution in [0.25, 0.3) is 0 Å². The summed E-state index contributed by atoms with van der Waals surface area (Å²) in [6.07, 6.45) is 3.90. The molecule has 26 heavy (non-hydrogen) atoms. The molecule has 1 aliphatic heterocycles. The number of hydrogen-bond acceptors (Lipinski definition) is 7. The molecule has 0 radical (unpaired) electrons. The van der Waals surface area contributed by atoms with Crippen LogP contribution in [0.5, 0.6) is 0 Å². The Bertz CT molecular complexity index is 909. The molecule has 9 nitrogen and oxygen atoms in total. The summed E-state index contributed by atoms with van der Waals surface area (Å²) in [6, 6.07) is 7.37. The SMILES string of the molecule is CNS(=O)(=O)c1ccc(Nc2ccc(N3CCCC3)nc2)c([N+](=O)[O-])c1. The van der Waals surface area contributed by atoms with Crippen LogP contribution in [0.4, 0.5) is 22.9 Å². The summed E-state index contributed by atoms with van der Waals surface area (Å²) in [5, 5.41) is 14.3. The van der Waals surface area contributed by atoms with Crippen LogP contribution < -0.4 is 14.9 Å². The normalized spacial score (nSPS) is 14.4. The van der Waals surface area contributed by atoms with Crippen molar-refractivity contribution in [1.29, 1.82) is 0 Å². The molecule has 2 heterocycles. The van der Waals surface area contributed by atoms with Crippen LogP contribution in [0.2, 0.25) is 0 Å². The molecular formula is C16H19N5O4S. The fourth-order valence-corrected chi connectivity index (χ4v) is 3.55. The smallest absolute Gasteiger partial charge is 0.294 e. The second-order valence-electron chi connectivity index (χ2n) is 5.87. The van der Waals surface area contributed by atoms with E-state index < -0.39 is 14.9 Å². The molecular weight excluding hydrogens is 358 g/mol. The van der Waals surface area contributed by atoms with Crippen LogP contribution in [0.3, 0.4) is 0 Å². The van der Waals surface area contributed by atoms with Gasteiger partial charge in [-0.15, -0.1) is 0 Å². The molecule has 1 saturated heterocycles. The highest BCUT2D eigenvalue weighted by molar-refractivity contribution is 7.89. The fourth-order valence-electron chi connectivity index (χ4n) is 2.80. The van der Waals surface area contributed by atoms with E-state index in [0.717, 1.165) is 37.8 Å². The molecule has 2 aromatic rings. The summed E-state index contributed by atoms with van der Waals surface area (Å²) >= 11 is 0. The zero-order chi connectivity index (χ0) is 18.7. The summed E-state index contributed by atoms with van der Waals surface area (Å²) in [7, 11) is -2.51. The van der Waals surface area contributed by atoms with Gasteiger partial charge in [-0.3, -0.25) is 10.1 Å². The average molecular weight is 377 g/mol. The van der Waals surface area contributed by atoms with Gasteiger partial charge in [-0.1, -0.05) is 0 Å². The van der Waals surface area contributed by atoms with Gasteiger partial charge in [-0.05, 0) is 44.2 Å². The summed E-state index contributed by atoms with van der Waals surface area (Å²) in [5.74, 6) is 0.873. The third kappa shape index (κ3) is 3.75. The number of aromatic nitrogens is 1. The van der Waals surface area contributed by atoms with Crippen LogP contribution in [0.15, 0.2) is 41.4 Å². The Morgan fingerprint density at radius 2 is 1.92 bits per heavy atom. The fraction of sp³-hybridized carbons (Fsp3) is 0.312. The molecule has 2 N–H and O–H groups in total. The Hall–Kier alpha value is -2.72. The number of nitrogens with zero attached hydrogens (tertiary/aromatic N) is 3. The van der Waals surface area contributed by atoms with Gasteiger partial charge in [0.1, 0.15) is 11.5 Å². The summed E-state index contributed by atoms with van der Waals surface area (Å²) in [5.41, 5.74) is 0.450. The van der Waals surface area contributed by atoms with E-state index in [0.29, 0.717) is 5.69 Å². The second kappa shape index (κ2) is 7.26. The Kier molecular flexibility index (Phi) is 5.05. The van der Waals surface area contributed by atoms with Crippen LogP contribution >= 0.6 is 0 Å². The zero-order valence-electron chi connectivity index (χ0n) is 14.2.